The molecule has 2 amide bonds. The molecule has 0 aliphatic rings. The smallest absolute Gasteiger partial charge is 0.269 e. The molecule has 32 heavy (non-hydrogen) atoms. The van der Waals surface area contributed by atoms with Crippen LogP contribution in [-0.4, -0.2) is 25.0 Å². The zero-order chi connectivity index (χ0) is 22.8. The number of amides is 2. The minimum Gasteiger partial charge on any atom is -0.492 e. The lowest BCUT2D eigenvalue weighted by Gasteiger charge is -2.11. The molecule has 3 aromatic rings. The number of hydrogen-bond acceptors (Lipinski definition) is 4. The van der Waals surface area contributed by atoms with E-state index in [0.29, 0.717) is 40.3 Å². The fraction of sp³-hybridized carbons (Fsp3) is 0.120. The van der Waals surface area contributed by atoms with Gasteiger partial charge in [-0.3, -0.25) is 20.4 Å². The first-order valence-corrected chi connectivity index (χ1v) is 10.8. The van der Waals surface area contributed by atoms with Crippen molar-refractivity contribution in [1.82, 2.24) is 10.9 Å². The number of halogens is 1. The van der Waals surface area contributed by atoms with Gasteiger partial charge in [-0.15, -0.1) is 0 Å². The molecule has 0 atom stereocenters. The topological polar surface area (TPSA) is 76.7 Å². The zero-order valence-corrected chi connectivity index (χ0v) is 18.9. The first-order chi connectivity index (χ1) is 15.6. The van der Waals surface area contributed by atoms with Crippen molar-refractivity contribution in [2.75, 3.05) is 13.2 Å². The van der Waals surface area contributed by atoms with Crippen LogP contribution in [0.2, 0.25) is 0 Å². The Hall–Kier alpha value is -3.58. The minimum absolute atomic E-state index is 0.376. The molecule has 3 rings (SSSR count). The molecule has 0 aliphatic carbocycles. The Morgan fingerprint density at radius 2 is 1.53 bits per heavy atom. The Bertz CT molecular complexity index is 1070. The van der Waals surface area contributed by atoms with Crippen LogP contribution in [0.25, 0.3) is 0 Å². The predicted molar refractivity (Wildman–Crippen MR) is 127 cm³/mol. The van der Waals surface area contributed by atoms with Crippen molar-refractivity contribution < 1.29 is 19.1 Å². The molecular formula is C25H23BrN2O4. The van der Waals surface area contributed by atoms with Gasteiger partial charge in [0.2, 0.25) is 0 Å². The second-order valence-electron chi connectivity index (χ2n) is 6.76. The van der Waals surface area contributed by atoms with E-state index in [-0.39, 0.29) is 0 Å². The van der Waals surface area contributed by atoms with Crippen LogP contribution in [-0.2, 0) is 6.42 Å². The summed E-state index contributed by atoms with van der Waals surface area (Å²) in [6, 6.07) is 21.6. The number of carbonyl (C=O) groups is 2. The summed E-state index contributed by atoms with van der Waals surface area (Å²) in [6.07, 6.45) is 2.42. The second kappa shape index (κ2) is 11.7. The third-order valence-corrected chi connectivity index (χ3v) is 5.08. The van der Waals surface area contributed by atoms with Gasteiger partial charge in [0, 0.05) is 17.5 Å². The summed E-state index contributed by atoms with van der Waals surface area (Å²) in [6.45, 7) is 4.48. The highest BCUT2D eigenvalue weighted by Crippen LogP contribution is 2.26. The predicted octanol–water partition coefficient (Wildman–Crippen LogP) is 4.71. The third-order valence-electron chi connectivity index (χ3n) is 4.46. The SMILES string of the molecule is C=CCOc1ccc(C(=O)NNC(=O)c2ccc(OCCc3ccccc3)c(Br)c2)cc1. The molecule has 0 unspecified atom stereocenters. The summed E-state index contributed by atoms with van der Waals surface area (Å²) < 4.78 is 11.8. The van der Waals surface area contributed by atoms with Crippen LogP contribution < -0.4 is 20.3 Å². The Labute approximate surface area is 195 Å². The Morgan fingerprint density at radius 1 is 0.875 bits per heavy atom. The fourth-order valence-electron chi connectivity index (χ4n) is 2.80. The maximum atomic E-state index is 12.4. The number of ether oxygens (including phenoxy) is 2. The second-order valence-corrected chi connectivity index (χ2v) is 7.62. The van der Waals surface area contributed by atoms with Crippen molar-refractivity contribution >= 4 is 27.7 Å². The average Bonchev–Trinajstić information content (AvgIpc) is 2.83. The largest absolute Gasteiger partial charge is 0.492 e. The highest BCUT2D eigenvalue weighted by Gasteiger charge is 2.12. The van der Waals surface area contributed by atoms with Crippen LogP contribution in [0.1, 0.15) is 26.3 Å². The van der Waals surface area contributed by atoms with Crippen LogP contribution in [0.3, 0.4) is 0 Å². The molecule has 164 valence electrons. The highest BCUT2D eigenvalue weighted by molar-refractivity contribution is 9.10. The van der Waals surface area contributed by atoms with Crippen LogP contribution in [0.15, 0.2) is 89.9 Å². The summed E-state index contributed by atoms with van der Waals surface area (Å²) in [5.74, 6) is 0.385. The van der Waals surface area contributed by atoms with Crippen LogP contribution in [0.4, 0.5) is 0 Å². The molecule has 0 aliphatic heterocycles. The van der Waals surface area contributed by atoms with E-state index in [2.05, 4.69) is 33.4 Å². The van der Waals surface area contributed by atoms with Crippen LogP contribution in [0, 0.1) is 0 Å². The summed E-state index contributed by atoms with van der Waals surface area (Å²) in [5.41, 5.74) is 6.77. The molecule has 0 aromatic heterocycles. The number of hydrazine groups is 1. The Morgan fingerprint density at radius 3 is 2.19 bits per heavy atom. The zero-order valence-electron chi connectivity index (χ0n) is 17.3. The van der Waals surface area contributed by atoms with Gasteiger partial charge in [0.1, 0.15) is 18.1 Å². The van der Waals surface area contributed by atoms with Crippen molar-refractivity contribution in [3.8, 4) is 11.5 Å². The van der Waals surface area contributed by atoms with E-state index in [1.807, 2.05) is 30.3 Å². The van der Waals surface area contributed by atoms with Crippen LogP contribution >= 0.6 is 15.9 Å². The van der Waals surface area contributed by atoms with E-state index in [1.165, 1.54) is 5.56 Å². The first-order valence-electron chi connectivity index (χ1n) is 9.97. The molecule has 0 saturated carbocycles. The van der Waals surface area contributed by atoms with Crippen molar-refractivity contribution in [3.63, 3.8) is 0 Å². The molecule has 7 heteroatoms. The van der Waals surface area contributed by atoms with Gasteiger partial charge in [-0.1, -0.05) is 43.0 Å². The van der Waals surface area contributed by atoms with Gasteiger partial charge in [-0.05, 0) is 64.0 Å². The van der Waals surface area contributed by atoms with Crippen molar-refractivity contribution in [2.24, 2.45) is 0 Å². The average molecular weight is 495 g/mol. The van der Waals surface area contributed by atoms with Crippen molar-refractivity contribution in [2.45, 2.75) is 6.42 Å². The monoisotopic (exact) mass is 494 g/mol. The van der Waals surface area contributed by atoms with E-state index >= 15 is 0 Å². The number of hydrogen-bond donors (Lipinski definition) is 2. The number of nitrogens with one attached hydrogen (secondary N) is 2. The molecule has 2 N–H and O–H groups in total. The molecule has 0 radical (unpaired) electrons. The molecule has 3 aromatic carbocycles. The lowest BCUT2D eigenvalue weighted by molar-refractivity contribution is 0.0846. The molecule has 0 bridgehead atoms. The molecule has 0 heterocycles. The maximum absolute atomic E-state index is 12.4. The lowest BCUT2D eigenvalue weighted by atomic mass is 10.2. The van der Waals surface area contributed by atoms with Gasteiger partial charge in [0.25, 0.3) is 11.8 Å². The number of benzene rings is 3. The summed E-state index contributed by atoms with van der Waals surface area (Å²) >= 11 is 3.43. The number of carbonyl (C=O) groups excluding carboxylic acids is 2. The molecule has 6 nitrogen and oxygen atoms in total. The van der Waals surface area contributed by atoms with E-state index in [1.54, 1.807) is 48.5 Å². The molecule has 0 fully saturated rings. The van der Waals surface area contributed by atoms with Gasteiger partial charge in [-0.2, -0.15) is 0 Å². The van der Waals surface area contributed by atoms with Gasteiger partial charge < -0.3 is 9.47 Å². The van der Waals surface area contributed by atoms with E-state index < -0.39 is 11.8 Å². The van der Waals surface area contributed by atoms with Crippen molar-refractivity contribution in [1.29, 1.82) is 0 Å². The normalized spacial score (nSPS) is 10.2. The highest BCUT2D eigenvalue weighted by atomic mass is 79.9. The van der Waals surface area contributed by atoms with E-state index in [0.717, 1.165) is 6.42 Å². The molecule has 0 spiro atoms. The summed E-state index contributed by atoms with van der Waals surface area (Å²) in [7, 11) is 0. The third kappa shape index (κ3) is 6.72. The van der Waals surface area contributed by atoms with E-state index in [4.69, 9.17) is 9.47 Å². The quantitative estimate of drug-likeness (QED) is 0.333. The van der Waals surface area contributed by atoms with Crippen LogP contribution in [0.5, 0.6) is 11.5 Å². The van der Waals surface area contributed by atoms with Gasteiger partial charge in [0.05, 0.1) is 11.1 Å². The summed E-state index contributed by atoms with van der Waals surface area (Å²) in [4.78, 5) is 24.6. The molecular weight excluding hydrogens is 472 g/mol. The summed E-state index contributed by atoms with van der Waals surface area (Å²) in [5, 5.41) is 0. The first kappa shape index (κ1) is 23.1. The Balaban J connectivity index is 1.49. The number of rotatable bonds is 9. The standard InChI is InChI=1S/C25H23BrN2O4/c1-2-15-31-21-11-8-19(9-12-21)24(29)27-28-25(30)20-10-13-23(22(26)17-20)32-16-14-18-6-4-3-5-7-18/h2-13,17H,1,14-16H2,(H,27,29)(H,28,30). The van der Waals surface area contributed by atoms with Gasteiger partial charge >= 0.3 is 0 Å². The fourth-order valence-corrected chi connectivity index (χ4v) is 3.29. The lowest BCUT2D eigenvalue weighted by Crippen LogP contribution is -2.41. The van der Waals surface area contributed by atoms with Gasteiger partial charge in [-0.25, -0.2) is 0 Å². The maximum Gasteiger partial charge on any atom is 0.269 e. The van der Waals surface area contributed by atoms with Gasteiger partial charge in [0.15, 0.2) is 0 Å². The minimum atomic E-state index is -0.444. The Kier molecular flexibility index (Phi) is 8.45. The molecule has 0 saturated heterocycles. The van der Waals surface area contributed by atoms with E-state index in [9.17, 15) is 9.59 Å². The van der Waals surface area contributed by atoms with Crippen molar-refractivity contribution in [3.05, 3.63) is 107 Å².